The third kappa shape index (κ3) is 5.00. The fraction of sp³-hybridized carbons (Fsp3) is 1.00. The normalized spacial score (nSPS) is 12.0. The first-order valence-electron chi connectivity index (χ1n) is 4.17. The van der Waals surface area contributed by atoms with Crippen LogP contribution in [0, 0.1) is 0 Å². The lowest BCUT2D eigenvalue weighted by molar-refractivity contribution is 0.401. The lowest BCUT2D eigenvalue weighted by atomic mass is 10.3. The molecule has 0 saturated heterocycles. The predicted octanol–water partition coefficient (Wildman–Crippen LogP) is 3.03. The van der Waals surface area contributed by atoms with Crippen LogP contribution in [0.2, 0.25) is 19.1 Å². The van der Waals surface area contributed by atoms with Crippen LogP contribution in [0.3, 0.4) is 0 Å². The maximum absolute atomic E-state index is 5.42. The highest BCUT2D eigenvalue weighted by Crippen LogP contribution is 2.14. The maximum atomic E-state index is 5.42. The minimum atomic E-state index is -1.21. The van der Waals surface area contributed by atoms with Crippen molar-refractivity contribution < 1.29 is 4.43 Å². The van der Waals surface area contributed by atoms with Crippen molar-refractivity contribution in [1.82, 2.24) is 0 Å². The molecule has 0 aliphatic heterocycles. The monoisotopic (exact) mass is 160 g/mol. The molecular formula is C8H20OSi. The summed E-state index contributed by atoms with van der Waals surface area (Å²) in [5, 5.41) is 0. The van der Waals surface area contributed by atoms with Gasteiger partial charge in [-0.05, 0) is 19.1 Å². The Labute approximate surface area is 65.9 Å². The predicted molar refractivity (Wildman–Crippen MR) is 48.8 cm³/mol. The van der Waals surface area contributed by atoms with Crippen molar-refractivity contribution in [1.29, 1.82) is 0 Å². The van der Waals surface area contributed by atoms with Crippen LogP contribution in [0.15, 0.2) is 0 Å². The van der Waals surface area contributed by atoms with Crippen molar-refractivity contribution >= 4 is 8.32 Å². The zero-order valence-electron chi connectivity index (χ0n) is 7.74. The first-order chi connectivity index (χ1) is 4.62. The van der Waals surface area contributed by atoms with E-state index in [-0.39, 0.29) is 0 Å². The second-order valence-corrected chi connectivity index (χ2v) is 7.85. The Morgan fingerprint density at radius 2 is 1.80 bits per heavy atom. The van der Waals surface area contributed by atoms with Crippen LogP contribution < -0.4 is 0 Å². The van der Waals surface area contributed by atoms with Crippen molar-refractivity contribution in [2.45, 2.75) is 45.3 Å². The lowest BCUT2D eigenvalue weighted by Crippen LogP contribution is -2.27. The minimum absolute atomic E-state index is 1.21. The van der Waals surface area contributed by atoms with Gasteiger partial charge in [-0.2, -0.15) is 0 Å². The number of rotatable bonds is 5. The lowest BCUT2D eigenvalue weighted by Gasteiger charge is -2.19. The number of hydrogen-bond acceptors (Lipinski definition) is 1. The third-order valence-electron chi connectivity index (χ3n) is 1.93. The molecule has 0 atom stereocenters. The molecule has 0 radical (unpaired) electrons. The van der Waals surface area contributed by atoms with Crippen molar-refractivity contribution in [3.8, 4) is 0 Å². The molecule has 0 aromatic rings. The number of hydrogen-bond donors (Lipinski definition) is 0. The van der Waals surface area contributed by atoms with E-state index in [1.165, 1.54) is 25.3 Å². The summed E-state index contributed by atoms with van der Waals surface area (Å²) in [6, 6.07) is 1.32. The first kappa shape index (κ1) is 10.2. The van der Waals surface area contributed by atoms with Gasteiger partial charge in [0.25, 0.3) is 0 Å². The number of unbranched alkanes of at least 4 members (excludes halogenated alkanes) is 2. The van der Waals surface area contributed by atoms with Gasteiger partial charge in [-0.15, -0.1) is 0 Å². The van der Waals surface area contributed by atoms with Crippen molar-refractivity contribution in [3.05, 3.63) is 0 Å². The summed E-state index contributed by atoms with van der Waals surface area (Å²) in [5.41, 5.74) is 0. The molecule has 0 unspecified atom stereocenters. The quantitative estimate of drug-likeness (QED) is 0.444. The Morgan fingerprint density at radius 3 is 2.20 bits per heavy atom. The van der Waals surface area contributed by atoms with Gasteiger partial charge in [0.1, 0.15) is 0 Å². The molecule has 62 valence electrons. The summed E-state index contributed by atoms with van der Waals surface area (Å²) in [6.45, 7) is 6.80. The molecule has 2 heteroatoms. The molecule has 0 heterocycles. The van der Waals surface area contributed by atoms with E-state index in [4.69, 9.17) is 4.43 Å². The molecule has 0 aliphatic carbocycles. The van der Waals surface area contributed by atoms with Crippen molar-refractivity contribution in [2.75, 3.05) is 7.11 Å². The molecule has 0 amide bonds. The summed E-state index contributed by atoms with van der Waals surface area (Å²) in [6.07, 6.45) is 4.03. The minimum Gasteiger partial charge on any atom is -0.420 e. The largest absolute Gasteiger partial charge is 0.420 e. The summed E-state index contributed by atoms with van der Waals surface area (Å²) in [5.74, 6) is 0. The maximum Gasteiger partial charge on any atom is 0.186 e. The summed E-state index contributed by atoms with van der Waals surface area (Å²) in [4.78, 5) is 0. The molecule has 0 aromatic heterocycles. The van der Waals surface area contributed by atoms with E-state index in [0.29, 0.717) is 0 Å². The van der Waals surface area contributed by atoms with Crippen LogP contribution in [0.25, 0.3) is 0 Å². The molecule has 0 bridgehead atoms. The van der Waals surface area contributed by atoms with Crippen LogP contribution in [-0.4, -0.2) is 15.4 Å². The second kappa shape index (κ2) is 4.91. The van der Waals surface area contributed by atoms with Gasteiger partial charge in [-0.1, -0.05) is 26.2 Å². The van der Waals surface area contributed by atoms with Gasteiger partial charge in [0.15, 0.2) is 8.32 Å². The molecule has 0 aromatic carbocycles. The van der Waals surface area contributed by atoms with Gasteiger partial charge in [0.05, 0.1) is 0 Å². The molecule has 0 rings (SSSR count). The standard InChI is InChI=1S/C8H20OSi/c1-5-6-7-8-10(3,4)9-2/h5-8H2,1-4H3. The molecule has 0 spiro atoms. The highest BCUT2D eigenvalue weighted by Gasteiger charge is 2.18. The summed E-state index contributed by atoms with van der Waals surface area (Å²) in [7, 11) is 0.631. The van der Waals surface area contributed by atoms with Gasteiger partial charge in [-0.25, -0.2) is 0 Å². The van der Waals surface area contributed by atoms with Gasteiger partial charge in [0.2, 0.25) is 0 Å². The smallest absolute Gasteiger partial charge is 0.186 e. The Hall–Kier alpha value is 0.177. The zero-order chi connectivity index (χ0) is 8.04. The Morgan fingerprint density at radius 1 is 1.20 bits per heavy atom. The van der Waals surface area contributed by atoms with Crippen molar-refractivity contribution in [2.24, 2.45) is 0 Å². The first-order valence-corrected chi connectivity index (χ1v) is 7.29. The molecule has 1 nitrogen and oxygen atoms in total. The van der Waals surface area contributed by atoms with E-state index in [9.17, 15) is 0 Å². The Bertz CT molecular complexity index is 81.3. The molecular weight excluding hydrogens is 140 g/mol. The van der Waals surface area contributed by atoms with E-state index in [2.05, 4.69) is 20.0 Å². The summed E-state index contributed by atoms with van der Waals surface area (Å²) >= 11 is 0. The van der Waals surface area contributed by atoms with Crippen molar-refractivity contribution in [3.63, 3.8) is 0 Å². The van der Waals surface area contributed by atoms with E-state index < -0.39 is 8.32 Å². The average Bonchev–Trinajstić information content (AvgIpc) is 1.89. The van der Waals surface area contributed by atoms with Crippen LogP contribution in [0.1, 0.15) is 26.2 Å². The average molecular weight is 160 g/mol. The highest BCUT2D eigenvalue weighted by atomic mass is 28.4. The van der Waals surface area contributed by atoms with E-state index in [1.54, 1.807) is 0 Å². The second-order valence-electron chi connectivity index (χ2n) is 3.42. The van der Waals surface area contributed by atoms with Crippen LogP contribution in [0.4, 0.5) is 0 Å². The molecule has 0 fully saturated rings. The van der Waals surface area contributed by atoms with Gasteiger partial charge in [0, 0.05) is 7.11 Å². The van der Waals surface area contributed by atoms with Crippen LogP contribution in [0.5, 0.6) is 0 Å². The summed E-state index contributed by atoms with van der Waals surface area (Å²) < 4.78 is 5.42. The van der Waals surface area contributed by atoms with Crippen LogP contribution in [-0.2, 0) is 4.43 Å². The van der Waals surface area contributed by atoms with E-state index in [0.717, 1.165) is 0 Å². The van der Waals surface area contributed by atoms with E-state index in [1.807, 2.05) is 7.11 Å². The zero-order valence-corrected chi connectivity index (χ0v) is 8.74. The fourth-order valence-corrected chi connectivity index (χ4v) is 2.21. The molecule has 10 heavy (non-hydrogen) atoms. The molecule has 0 saturated carbocycles. The topological polar surface area (TPSA) is 9.23 Å². The fourth-order valence-electron chi connectivity index (χ4n) is 0.903. The highest BCUT2D eigenvalue weighted by molar-refractivity contribution is 6.71. The SMILES string of the molecule is CCCCC[Si](C)(C)OC. The van der Waals surface area contributed by atoms with Gasteiger partial charge >= 0.3 is 0 Å². The third-order valence-corrected chi connectivity index (χ3v) is 4.60. The Kier molecular flexibility index (Phi) is 5.00. The Balaban J connectivity index is 3.28. The van der Waals surface area contributed by atoms with Gasteiger partial charge in [-0.3, -0.25) is 0 Å². The van der Waals surface area contributed by atoms with E-state index >= 15 is 0 Å². The molecule has 0 N–H and O–H groups in total. The van der Waals surface area contributed by atoms with Crippen LogP contribution >= 0.6 is 0 Å². The van der Waals surface area contributed by atoms with Gasteiger partial charge < -0.3 is 4.43 Å². The molecule has 0 aliphatic rings.